The van der Waals surface area contributed by atoms with Crippen molar-refractivity contribution in [2.75, 3.05) is 5.75 Å². The molecule has 1 aliphatic carbocycles. The highest BCUT2D eigenvalue weighted by Gasteiger charge is 2.22. The number of aromatic nitrogens is 2. The number of nitrogens with zero attached hydrogens (tertiary/aromatic N) is 3. The lowest BCUT2D eigenvalue weighted by Crippen LogP contribution is -2.32. The maximum atomic E-state index is 13.0. The Labute approximate surface area is 167 Å². The molecular weight excluding hydrogens is 374 g/mol. The van der Waals surface area contributed by atoms with Crippen LogP contribution in [0.4, 0.5) is 0 Å². The smallest absolute Gasteiger partial charge is 0.277 e. The summed E-state index contributed by atoms with van der Waals surface area (Å²) >= 11 is 1.26. The lowest BCUT2D eigenvalue weighted by Gasteiger charge is -2.26. The highest BCUT2D eigenvalue weighted by molar-refractivity contribution is 7.99. The molecule has 0 spiro atoms. The number of amides is 1. The van der Waals surface area contributed by atoms with Crippen LogP contribution in [0.25, 0.3) is 11.5 Å². The number of thioether (sulfide) groups is 1. The summed E-state index contributed by atoms with van der Waals surface area (Å²) in [6.07, 6.45) is 7.99. The van der Waals surface area contributed by atoms with Gasteiger partial charge in [-0.25, -0.2) is 0 Å². The average Bonchev–Trinajstić information content (AvgIpc) is 3.44. The fourth-order valence-electron chi connectivity index (χ4n) is 3.14. The Kier molecular flexibility index (Phi) is 5.92. The lowest BCUT2D eigenvalue weighted by atomic mass is 10.0. The molecule has 6 nitrogen and oxygen atoms in total. The second-order valence-electron chi connectivity index (χ2n) is 6.53. The molecule has 2 aromatic heterocycles. The van der Waals surface area contributed by atoms with Crippen molar-refractivity contribution in [1.82, 2.24) is 15.1 Å². The Morgan fingerprint density at radius 3 is 2.75 bits per heavy atom. The molecule has 28 heavy (non-hydrogen) atoms. The van der Waals surface area contributed by atoms with E-state index in [1.165, 1.54) is 18.2 Å². The first-order valence-electron chi connectivity index (χ1n) is 9.33. The van der Waals surface area contributed by atoms with E-state index in [-0.39, 0.29) is 11.7 Å². The lowest BCUT2D eigenvalue weighted by molar-refractivity contribution is -0.127. The van der Waals surface area contributed by atoms with E-state index in [0.29, 0.717) is 17.7 Å². The van der Waals surface area contributed by atoms with Gasteiger partial charge in [0.15, 0.2) is 0 Å². The van der Waals surface area contributed by atoms with Crippen molar-refractivity contribution in [3.05, 3.63) is 66.3 Å². The number of hydrogen-bond acceptors (Lipinski definition) is 6. The van der Waals surface area contributed by atoms with Crippen LogP contribution < -0.4 is 0 Å². The van der Waals surface area contributed by atoms with Gasteiger partial charge in [0.05, 0.1) is 18.6 Å². The third-order valence-electron chi connectivity index (χ3n) is 4.56. The summed E-state index contributed by atoms with van der Waals surface area (Å²) in [6.45, 7) is 0.442. The van der Waals surface area contributed by atoms with Crippen LogP contribution in [0.2, 0.25) is 0 Å². The minimum Gasteiger partial charge on any atom is -0.467 e. The van der Waals surface area contributed by atoms with Crippen LogP contribution >= 0.6 is 11.8 Å². The summed E-state index contributed by atoms with van der Waals surface area (Å²) in [6, 6.07) is 13.3. The minimum absolute atomic E-state index is 0.00834. The Balaban J connectivity index is 1.43. The molecule has 0 N–H and O–H groups in total. The van der Waals surface area contributed by atoms with Crippen molar-refractivity contribution in [3.63, 3.8) is 0 Å². The van der Waals surface area contributed by atoms with Crippen LogP contribution in [-0.2, 0) is 11.3 Å². The zero-order valence-corrected chi connectivity index (χ0v) is 16.2. The number of carbonyl (C=O) groups is 1. The van der Waals surface area contributed by atoms with Crippen molar-refractivity contribution < 1.29 is 13.6 Å². The molecule has 4 rings (SSSR count). The second-order valence-corrected chi connectivity index (χ2v) is 7.45. The van der Waals surface area contributed by atoms with Crippen molar-refractivity contribution in [2.45, 2.75) is 37.5 Å². The Hall–Kier alpha value is -2.80. The molecule has 0 atom stereocenters. The molecule has 144 valence electrons. The molecule has 1 aliphatic rings. The standard InChI is InChI=1S/C21H21N3O3S/c25-19(15-28-21-23-22-20(27-21)16-8-3-1-4-9-16)24(14-18-12-7-13-26-18)17-10-5-2-6-11-17/h1,3-4,7-10,12-13H,2,5-6,11,14-15H2. The molecule has 3 aromatic rings. The van der Waals surface area contributed by atoms with Gasteiger partial charge in [0.2, 0.25) is 11.8 Å². The van der Waals surface area contributed by atoms with Gasteiger partial charge in [-0.05, 0) is 49.9 Å². The zero-order valence-electron chi connectivity index (χ0n) is 15.4. The SMILES string of the molecule is O=C(CSc1nnc(-c2ccccc2)o1)N(Cc1ccco1)C1=CCCCC1. The van der Waals surface area contributed by atoms with Crippen LogP contribution in [-0.4, -0.2) is 26.8 Å². The molecule has 0 fully saturated rings. The number of benzene rings is 1. The molecule has 1 aromatic carbocycles. The predicted octanol–water partition coefficient (Wildman–Crippen LogP) is 4.91. The summed E-state index contributed by atoms with van der Waals surface area (Å²) in [5, 5.41) is 8.52. The van der Waals surface area contributed by atoms with Gasteiger partial charge in [-0.2, -0.15) is 0 Å². The Morgan fingerprint density at radius 2 is 2.00 bits per heavy atom. The average molecular weight is 395 g/mol. The first kappa shape index (κ1) is 18.6. The van der Waals surface area contributed by atoms with Gasteiger partial charge in [-0.15, -0.1) is 10.2 Å². The molecule has 2 heterocycles. The molecule has 0 saturated heterocycles. The number of furan rings is 1. The number of rotatable bonds is 7. The molecule has 7 heteroatoms. The Morgan fingerprint density at radius 1 is 1.11 bits per heavy atom. The van der Waals surface area contributed by atoms with Gasteiger partial charge in [0.25, 0.3) is 5.22 Å². The van der Waals surface area contributed by atoms with E-state index >= 15 is 0 Å². The molecular formula is C21H21N3O3S. The van der Waals surface area contributed by atoms with Crippen molar-refractivity contribution in [1.29, 1.82) is 0 Å². The van der Waals surface area contributed by atoms with Crippen LogP contribution in [0.15, 0.2) is 74.6 Å². The van der Waals surface area contributed by atoms with Crippen molar-refractivity contribution >= 4 is 17.7 Å². The summed E-state index contributed by atoms with van der Waals surface area (Å²) in [4.78, 5) is 14.8. The largest absolute Gasteiger partial charge is 0.467 e. The third kappa shape index (κ3) is 4.54. The first-order chi connectivity index (χ1) is 13.8. The van der Waals surface area contributed by atoms with E-state index in [1.807, 2.05) is 47.4 Å². The molecule has 1 amide bonds. The highest BCUT2D eigenvalue weighted by atomic mass is 32.2. The van der Waals surface area contributed by atoms with Gasteiger partial charge in [0.1, 0.15) is 5.76 Å². The van der Waals surface area contributed by atoms with E-state index < -0.39 is 0 Å². The van der Waals surface area contributed by atoms with Gasteiger partial charge in [-0.1, -0.05) is 36.0 Å². The molecule has 0 bridgehead atoms. The van der Waals surface area contributed by atoms with Gasteiger partial charge < -0.3 is 13.7 Å². The molecule has 0 unspecified atom stereocenters. The Bertz CT molecular complexity index is 935. The molecule has 0 radical (unpaired) electrons. The maximum absolute atomic E-state index is 13.0. The van der Waals surface area contributed by atoms with E-state index in [1.54, 1.807) is 6.26 Å². The zero-order chi connectivity index (χ0) is 19.2. The number of allylic oxidation sites excluding steroid dienone is 2. The van der Waals surface area contributed by atoms with Crippen LogP contribution in [0.3, 0.4) is 0 Å². The van der Waals surface area contributed by atoms with Crippen LogP contribution in [0, 0.1) is 0 Å². The fraction of sp³-hybridized carbons (Fsp3) is 0.286. The second kappa shape index (κ2) is 8.93. The third-order valence-corrected chi connectivity index (χ3v) is 5.36. The van der Waals surface area contributed by atoms with Crippen molar-refractivity contribution in [2.24, 2.45) is 0 Å². The molecule has 0 saturated carbocycles. The van der Waals surface area contributed by atoms with Crippen molar-refractivity contribution in [3.8, 4) is 11.5 Å². The summed E-state index contributed by atoms with van der Waals surface area (Å²) in [5.41, 5.74) is 1.93. The maximum Gasteiger partial charge on any atom is 0.277 e. The van der Waals surface area contributed by atoms with Gasteiger partial charge >= 0.3 is 0 Å². The van der Waals surface area contributed by atoms with Crippen LogP contribution in [0.5, 0.6) is 0 Å². The fourth-order valence-corrected chi connectivity index (χ4v) is 3.78. The summed E-state index contributed by atoms with van der Waals surface area (Å²) in [5.74, 6) is 1.47. The van der Waals surface area contributed by atoms with E-state index in [9.17, 15) is 4.79 Å². The first-order valence-corrected chi connectivity index (χ1v) is 10.3. The number of hydrogen-bond donors (Lipinski definition) is 0. The quantitative estimate of drug-likeness (QED) is 0.529. The van der Waals surface area contributed by atoms with Crippen LogP contribution in [0.1, 0.15) is 31.4 Å². The molecule has 0 aliphatic heterocycles. The summed E-state index contributed by atoms with van der Waals surface area (Å²) < 4.78 is 11.1. The minimum atomic E-state index is 0.00834. The van der Waals surface area contributed by atoms with E-state index in [4.69, 9.17) is 8.83 Å². The normalized spacial score (nSPS) is 13.9. The monoisotopic (exact) mass is 395 g/mol. The van der Waals surface area contributed by atoms with E-state index in [0.717, 1.165) is 36.3 Å². The topological polar surface area (TPSA) is 72.4 Å². The number of carbonyl (C=O) groups excluding carboxylic acids is 1. The summed E-state index contributed by atoms with van der Waals surface area (Å²) in [7, 11) is 0. The van der Waals surface area contributed by atoms with E-state index in [2.05, 4.69) is 16.3 Å². The highest BCUT2D eigenvalue weighted by Crippen LogP contribution is 2.26. The van der Waals surface area contributed by atoms with Gasteiger partial charge in [-0.3, -0.25) is 4.79 Å². The predicted molar refractivity (Wildman–Crippen MR) is 106 cm³/mol. The van der Waals surface area contributed by atoms with Gasteiger partial charge in [0, 0.05) is 11.3 Å².